The lowest BCUT2D eigenvalue weighted by Crippen LogP contribution is -2.48. The average molecular weight is 405 g/mol. The van der Waals surface area contributed by atoms with Crippen LogP contribution in [0.1, 0.15) is 28.8 Å². The quantitative estimate of drug-likeness (QED) is 0.789. The Balaban J connectivity index is 1.33. The van der Waals surface area contributed by atoms with Crippen LogP contribution < -0.4 is 10.5 Å². The zero-order valence-electron chi connectivity index (χ0n) is 16.3. The molecule has 0 atom stereocenters. The number of nitrogens with zero attached hydrogens (tertiary/aromatic N) is 3. The number of halogens is 3. The van der Waals surface area contributed by atoms with E-state index in [0.29, 0.717) is 32.6 Å². The fraction of sp³-hybridized carbons (Fsp3) is 0.429. The lowest BCUT2D eigenvalue weighted by atomic mass is 9.94. The highest BCUT2D eigenvalue weighted by molar-refractivity contribution is 5.77. The van der Waals surface area contributed by atoms with Crippen LogP contribution in [0.4, 0.5) is 18.9 Å². The van der Waals surface area contributed by atoms with Crippen LogP contribution in [0.25, 0.3) is 0 Å². The Morgan fingerprint density at radius 2 is 1.79 bits per heavy atom. The first-order valence-electron chi connectivity index (χ1n) is 9.52. The fourth-order valence-electron chi connectivity index (χ4n) is 4.10. The van der Waals surface area contributed by atoms with E-state index in [2.05, 4.69) is 0 Å². The third-order valence-electron chi connectivity index (χ3n) is 5.92. The number of aryl methyl sites for hydroxylation is 1. The molecule has 1 fully saturated rings. The second kappa shape index (κ2) is 6.93. The number of aromatic nitrogens is 1. The summed E-state index contributed by atoms with van der Waals surface area (Å²) in [5, 5.41) is 0. The Kier molecular flexibility index (Phi) is 4.67. The number of carbonyl (C=O) groups is 1. The smallest absolute Gasteiger partial charge is 0.371 e. The summed E-state index contributed by atoms with van der Waals surface area (Å²) in [6, 6.07) is 6.72. The van der Waals surface area contributed by atoms with Gasteiger partial charge >= 0.3 is 6.18 Å². The highest BCUT2D eigenvalue weighted by atomic mass is 19.4. The van der Waals surface area contributed by atoms with Crippen molar-refractivity contribution in [3.8, 4) is 0 Å². The maximum atomic E-state index is 12.7. The molecule has 0 unspecified atom stereocenters. The van der Waals surface area contributed by atoms with Crippen LogP contribution in [0.2, 0.25) is 0 Å². The molecule has 1 saturated heterocycles. The third kappa shape index (κ3) is 3.63. The number of hydrogen-bond acceptors (Lipinski definition) is 3. The number of amides is 1. The van der Waals surface area contributed by atoms with Gasteiger partial charge in [-0.25, -0.2) is 0 Å². The van der Waals surface area contributed by atoms with Gasteiger partial charge in [-0.1, -0.05) is 0 Å². The van der Waals surface area contributed by atoms with Gasteiger partial charge in [-0.15, -0.1) is 0 Å². The molecule has 2 aromatic rings. The van der Waals surface area contributed by atoms with E-state index in [1.165, 1.54) is 12.1 Å². The molecule has 8 heteroatoms. The summed E-state index contributed by atoms with van der Waals surface area (Å²) in [5.41, 5.74) is 2.86. The van der Waals surface area contributed by atoms with Crippen molar-refractivity contribution < 1.29 is 18.0 Å². The number of hydrogen-bond donors (Lipinski definition) is 0. The van der Waals surface area contributed by atoms with Crippen molar-refractivity contribution in [2.45, 2.75) is 32.6 Å². The molecule has 3 heterocycles. The molecule has 1 aromatic heterocycles. The van der Waals surface area contributed by atoms with Crippen molar-refractivity contribution >= 4 is 11.6 Å². The van der Waals surface area contributed by atoms with E-state index in [1.807, 2.05) is 11.8 Å². The number of anilines is 1. The monoisotopic (exact) mass is 405 g/mol. The van der Waals surface area contributed by atoms with Crippen molar-refractivity contribution in [1.82, 2.24) is 9.47 Å². The lowest BCUT2D eigenvalue weighted by molar-refractivity contribution is -0.137. The molecular weight excluding hydrogens is 383 g/mol. The van der Waals surface area contributed by atoms with Crippen molar-refractivity contribution in [3.63, 3.8) is 0 Å². The Morgan fingerprint density at radius 3 is 2.41 bits per heavy atom. The summed E-state index contributed by atoms with van der Waals surface area (Å²) >= 11 is 0. The van der Waals surface area contributed by atoms with E-state index in [1.54, 1.807) is 22.6 Å². The highest BCUT2D eigenvalue weighted by Gasteiger charge is 2.34. The van der Waals surface area contributed by atoms with Gasteiger partial charge in [0.05, 0.1) is 12.1 Å². The van der Waals surface area contributed by atoms with Crippen LogP contribution in [0, 0.1) is 12.8 Å². The minimum absolute atomic E-state index is 0.0464. The topological polar surface area (TPSA) is 45.6 Å². The second-order valence-electron chi connectivity index (χ2n) is 7.92. The van der Waals surface area contributed by atoms with Gasteiger partial charge < -0.3 is 14.4 Å². The standard InChI is InChI=1S/C21H22F3N3O2/c1-13-7-19(28)25(2)18-12-27(11-17(13)18)20(29)8-14-9-26(10-14)16-5-3-15(4-6-16)21(22,23)24/h3-7,14H,8-12H2,1-2H3. The minimum atomic E-state index is -4.34. The van der Waals surface area contributed by atoms with Crippen molar-refractivity contribution in [1.29, 1.82) is 0 Å². The largest absolute Gasteiger partial charge is 0.416 e. The Labute approximate surface area is 166 Å². The van der Waals surface area contributed by atoms with Crippen LogP contribution in [0.15, 0.2) is 35.1 Å². The predicted molar refractivity (Wildman–Crippen MR) is 102 cm³/mol. The van der Waals surface area contributed by atoms with Crippen molar-refractivity contribution in [3.05, 3.63) is 63.1 Å². The molecule has 5 nitrogen and oxygen atoms in total. The van der Waals surface area contributed by atoms with E-state index in [4.69, 9.17) is 0 Å². The molecule has 29 heavy (non-hydrogen) atoms. The molecule has 4 rings (SSSR count). The first kappa shape index (κ1) is 19.5. The molecule has 0 aliphatic carbocycles. The Morgan fingerprint density at radius 1 is 1.14 bits per heavy atom. The van der Waals surface area contributed by atoms with Gasteiger partial charge in [0.1, 0.15) is 0 Å². The molecule has 0 bridgehead atoms. The second-order valence-corrected chi connectivity index (χ2v) is 7.92. The molecule has 2 aliphatic heterocycles. The normalized spacial score (nSPS) is 16.7. The zero-order chi connectivity index (χ0) is 20.9. The number of rotatable bonds is 3. The van der Waals surface area contributed by atoms with E-state index in [-0.39, 0.29) is 17.4 Å². The molecule has 0 N–H and O–H groups in total. The van der Waals surface area contributed by atoms with Crippen molar-refractivity contribution in [2.24, 2.45) is 13.0 Å². The summed E-state index contributed by atoms with van der Waals surface area (Å²) in [6.07, 6.45) is -3.93. The number of pyridine rings is 1. The summed E-state index contributed by atoms with van der Waals surface area (Å²) in [6.45, 7) is 4.15. The average Bonchev–Trinajstić information content (AvgIpc) is 3.08. The SMILES string of the molecule is Cc1cc(=O)n(C)c2c1CN(C(=O)CC1CN(c3ccc(C(F)(F)F)cc3)C1)C2. The van der Waals surface area contributed by atoms with Crippen LogP contribution in [0.3, 0.4) is 0 Å². The maximum Gasteiger partial charge on any atom is 0.416 e. The van der Waals surface area contributed by atoms with Crippen LogP contribution >= 0.6 is 0 Å². The lowest BCUT2D eigenvalue weighted by Gasteiger charge is -2.41. The third-order valence-corrected chi connectivity index (χ3v) is 5.92. The summed E-state index contributed by atoms with van der Waals surface area (Å²) in [5.74, 6) is 0.225. The number of benzene rings is 1. The molecule has 0 saturated carbocycles. The van der Waals surface area contributed by atoms with E-state index < -0.39 is 11.7 Å². The molecule has 1 aromatic carbocycles. The van der Waals surface area contributed by atoms with Gasteiger partial charge in [-0.05, 0) is 42.3 Å². The molecule has 1 amide bonds. The van der Waals surface area contributed by atoms with E-state index in [0.717, 1.165) is 34.6 Å². The van der Waals surface area contributed by atoms with Gasteiger partial charge in [0.15, 0.2) is 0 Å². The zero-order valence-corrected chi connectivity index (χ0v) is 16.3. The Hall–Kier alpha value is -2.77. The van der Waals surface area contributed by atoms with Crippen LogP contribution in [-0.2, 0) is 31.1 Å². The number of alkyl halides is 3. The Bertz CT molecular complexity index is 1010. The molecule has 0 spiro atoms. The summed E-state index contributed by atoms with van der Waals surface area (Å²) < 4.78 is 39.6. The van der Waals surface area contributed by atoms with Gasteiger partial charge in [0, 0.05) is 56.5 Å². The van der Waals surface area contributed by atoms with Crippen molar-refractivity contribution in [2.75, 3.05) is 18.0 Å². The molecule has 2 aliphatic rings. The predicted octanol–water partition coefficient (Wildman–Crippen LogP) is 3.08. The first-order chi connectivity index (χ1) is 13.6. The first-order valence-corrected chi connectivity index (χ1v) is 9.52. The summed E-state index contributed by atoms with van der Waals surface area (Å²) in [7, 11) is 1.72. The van der Waals surface area contributed by atoms with E-state index in [9.17, 15) is 22.8 Å². The van der Waals surface area contributed by atoms with Gasteiger partial charge in [-0.3, -0.25) is 9.59 Å². The minimum Gasteiger partial charge on any atom is -0.371 e. The van der Waals surface area contributed by atoms with E-state index >= 15 is 0 Å². The van der Waals surface area contributed by atoms with Gasteiger partial charge in [0.2, 0.25) is 5.91 Å². The molecular formula is C21H22F3N3O2. The summed E-state index contributed by atoms with van der Waals surface area (Å²) in [4.78, 5) is 28.4. The fourth-order valence-corrected chi connectivity index (χ4v) is 4.10. The molecule has 154 valence electrons. The van der Waals surface area contributed by atoms with Gasteiger partial charge in [-0.2, -0.15) is 13.2 Å². The number of fused-ring (bicyclic) bond motifs is 1. The molecule has 0 radical (unpaired) electrons. The number of carbonyl (C=O) groups excluding carboxylic acids is 1. The van der Waals surface area contributed by atoms with Gasteiger partial charge in [0.25, 0.3) is 5.56 Å². The van der Waals surface area contributed by atoms with Crippen LogP contribution in [0.5, 0.6) is 0 Å². The maximum absolute atomic E-state index is 12.7. The van der Waals surface area contributed by atoms with Crippen LogP contribution in [-0.4, -0.2) is 28.5 Å². The highest BCUT2D eigenvalue weighted by Crippen LogP contribution is 2.33.